The highest BCUT2D eigenvalue weighted by atomic mass is 16.5. The van der Waals surface area contributed by atoms with Crippen LogP contribution in [0.5, 0.6) is 0 Å². The molecular formula is C15H24O3. The van der Waals surface area contributed by atoms with Gasteiger partial charge in [-0.1, -0.05) is 25.2 Å². The fraction of sp³-hybridized carbons (Fsp3) is 0.667. The minimum atomic E-state index is -0.743. The molecule has 0 amide bonds. The van der Waals surface area contributed by atoms with Crippen LogP contribution in [-0.4, -0.2) is 28.7 Å². The molecule has 4 atom stereocenters. The van der Waals surface area contributed by atoms with Gasteiger partial charge in [-0.15, -0.1) is 6.58 Å². The summed E-state index contributed by atoms with van der Waals surface area (Å²) in [5.41, 5.74) is 0.311. The zero-order valence-electron chi connectivity index (χ0n) is 11.6. The molecule has 1 aliphatic rings. The SMILES string of the molecule is C=C[C@@]1(C)CC[C@@H]([C@H](C)C(=O)CC(O)C(=C)C)O1. The van der Waals surface area contributed by atoms with Crippen molar-refractivity contribution >= 4 is 5.78 Å². The van der Waals surface area contributed by atoms with Gasteiger partial charge in [-0.25, -0.2) is 0 Å². The Morgan fingerprint density at radius 3 is 2.72 bits per heavy atom. The van der Waals surface area contributed by atoms with Crippen molar-refractivity contribution in [3.63, 3.8) is 0 Å². The Morgan fingerprint density at radius 1 is 1.67 bits per heavy atom. The smallest absolute Gasteiger partial charge is 0.141 e. The molecule has 1 unspecified atom stereocenters. The molecule has 0 spiro atoms. The molecule has 1 rings (SSSR count). The van der Waals surface area contributed by atoms with Crippen molar-refractivity contribution in [2.75, 3.05) is 0 Å². The summed E-state index contributed by atoms with van der Waals surface area (Å²) < 4.78 is 5.88. The molecule has 0 aromatic heterocycles. The van der Waals surface area contributed by atoms with E-state index in [1.807, 2.05) is 13.8 Å². The Kier molecular flexibility index (Phi) is 4.88. The Hall–Kier alpha value is -0.930. The van der Waals surface area contributed by atoms with E-state index in [2.05, 4.69) is 13.2 Å². The van der Waals surface area contributed by atoms with Crippen LogP contribution in [0.15, 0.2) is 24.8 Å². The quantitative estimate of drug-likeness (QED) is 0.739. The summed E-state index contributed by atoms with van der Waals surface area (Å²) in [6.45, 7) is 13.0. The second-order valence-electron chi connectivity index (χ2n) is 5.53. The summed E-state index contributed by atoms with van der Waals surface area (Å²) >= 11 is 0. The van der Waals surface area contributed by atoms with Gasteiger partial charge in [0.2, 0.25) is 0 Å². The standard InChI is InChI=1S/C15H24O3/c1-6-15(5)8-7-14(18-15)11(4)13(17)9-12(16)10(2)3/h6,11-12,14,16H,1-2,7-9H2,3-5H3/t11-,12?,14+,15+/m1/s1. The summed E-state index contributed by atoms with van der Waals surface area (Å²) in [5, 5.41) is 9.66. The van der Waals surface area contributed by atoms with Gasteiger partial charge in [0.05, 0.1) is 17.8 Å². The van der Waals surface area contributed by atoms with E-state index >= 15 is 0 Å². The van der Waals surface area contributed by atoms with Gasteiger partial charge in [0.15, 0.2) is 0 Å². The normalized spacial score (nSPS) is 30.8. The van der Waals surface area contributed by atoms with Crippen molar-refractivity contribution in [2.24, 2.45) is 5.92 Å². The lowest BCUT2D eigenvalue weighted by molar-refractivity contribution is -0.129. The van der Waals surface area contributed by atoms with Crippen molar-refractivity contribution in [3.8, 4) is 0 Å². The first-order valence-electron chi connectivity index (χ1n) is 6.46. The van der Waals surface area contributed by atoms with Crippen molar-refractivity contribution in [3.05, 3.63) is 24.8 Å². The third-order valence-corrected chi connectivity index (χ3v) is 3.81. The number of rotatable bonds is 6. The highest BCUT2D eigenvalue weighted by Gasteiger charge is 2.38. The molecule has 3 heteroatoms. The van der Waals surface area contributed by atoms with Gasteiger partial charge >= 0.3 is 0 Å². The van der Waals surface area contributed by atoms with Crippen LogP contribution in [0.4, 0.5) is 0 Å². The minimum absolute atomic E-state index is 0.0313. The van der Waals surface area contributed by atoms with Gasteiger partial charge in [0.25, 0.3) is 0 Å². The largest absolute Gasteiger partial charge is 0.388 e. The predicted octanol–water partition coefficient (Wildman–Crippen LogP) is 2.64. The Bertz CT molecular complexity index is 348. The number of carbonyl (C=O) groups is 1. The number of ether oxygens (including phenoxy) is 1. The molecule has 0 bridgehead atoms. The lowest BCUT2D eigenvalue weighted by Crippen LogP contribution is -2.31. The van der Waals surface area contributed by atoms with E-state index < -0.39 is 6.10 Å². The highest BCUT2D eigenvalue weighted by molar-refractivity contribution is 5.82. The van der Waals surface area contributed by atoms with Crippen LogP contribution in [0, 0.1) is 5.92 Å². The Labute approximate surface area is 110 Å². The number of aliphatic hydroxyl groups is 1. The third kappa shape index (κ3) is 3.53. The molecule has 1 heterocycles. The molecule has 18 heavy (non-hydrogen) atoms. The van der Waals surface area contributed by atoms with Crippen LogP contribution in [0.2, 0.25) is 0 Å². The van der Waals surface area contributed by atoms with E-state index in [1.54, 1.807) is 13.0 Å². The van der Waals surface area contributed by atoms with Crippen LogP contribution in [0.3, 0.4) is 0 Å². The summed E-state index contributed by atoms with van der Waals surface area (Å²) in [7, 11) is 0. The Morgan fingerprint density at radius 2 is 2.28 bits per heavy atom. The van der Waals surface area contributed by atoms with Crippen LogP contribution >= 0.6 is 0 Å². The maximum atomic E-state index is 12.0. The summed E-state index contributed by atoms with van der Waals surface area (Å²) in [6.07, 6.45) is 2.86. The number of hydrogen-bond donors (Lipinski definition) is 1. The van der Waals surface area contributed by atoms with Gasteiger partial charge in [-0.2, -0.15) is 0 Å². The first-order valence-corrected chi connectivity index (χ1v) is 6.46. The molecule has 1 N–H and O–H groups in total. The maximum Gasteiger partial charge on any atom is 0.141 e. The topological polar surface area (TPSA) is 46.5 Å². The molecule has 1 aliphatic heterocycles. The van der Waals surface area contributed by atoms with Gasteiger partial charge in [-0.3, -0.25) is 4.79 Å². The fourth-order valence-corrected chi connectivity index (χ4v) is 2.15. The van der Waals surface area contributed by atoms with Gasteiger partial charge in [0, 0.05) is 12.3 Å². The molecule has 0 aromatic carbocycles. The van der Waals surface area contributed by atoms with E-state index in [4.69, 9.17) is 4.74 Å². The molecule has 1 saturated heterocycles. The van der Waals surface area contributed by atoms with Crippen LogP contribution in [0.25, 0.3) is 0 Å². The summed E-state index contributed by atoms with van der Waals surface area (Å²) in [5.74, 6) is -0.162. The van der Waals surface area contributed by atoms with Crippen LogP contribution in [0.1, 0.15) is 40.0 Å². The zero-order valence-corrected chi connectivity index (χ0v) is 11.6. The highest BCUT2D eigenvalue weighted by Crippen LogP contribution is 2.35. The molecule has 3 nitrogen and oxygen atoms in total. The van der Waals surface area contributed by atoms with E-state index in [-0.39, 0.29) is 29.8 Å². The lowest BCUT2D eigenvalue weighted by atomic mass is 9.92. The van der Waals surface area contributed by atoms with Crippen molar-refractivity contribution in [2.45, 2.75) is 57.8 Å². The lowest BCUT2D eigenvalue weighted by Gasteiger charge is -2.24. The predicted molar refractivity (Wildman–Crippen MR) is 72.3 cm³/mol. The second-order valence-corrected chi connectivity index (χ2v) is 5.53. The molecule has 0 saturated carbocycles. The van der Waals surface area contributed by atoms with Crippen molar-refractivity contribution in [1.82, 2.24) is 0 Å². The third-order valence-electron chi connectivity index (χ3n) is 3.81. The molecule has 1 fully saturated rings. The Balaban J connectivity index is 2.55. The first kappa shape index (κ1) is 15.1. The molecule has 102 valence electrons. The summed E-state index contributed by atoms with van der Waals surface area (Å²) in [6, 6.07) is 0. The second kappa shape index (κ2) is 5.81. The van der Waals surface area contributed by atoms with Crippen molar-refractivity contribution < 1.29 is 14.6 Å². The van der Waals surface area contributed by atoms with E-state index in [0.29, 0.717) is 5.57 Å². The van der Waals surface area contributed by atoms with E-state index in [9.17, 15) is 9.90 Å². The van der Waals surface area contributed by atoms with Gasteiger partial charge in [-0.05, 0) is 26.7 Å². The van der Waals surface area contributed by atoms with Crippen LogP contribution < -0.4 is 0 Å². The molecule has 0 aromatic rings. The number of Topliss-reactive ketones (excluding diaryl/α,β-unsaturated/α-hetero) is 1. The van der Waals surface area contributed by atoms with Crippen LogP contribution in [-0.2, 0) is 9.53 Å². The van der Waals surface area contributed by atoms with E-state index in [1.165, 1.54) is 0 Å². The number of ketones is 1. The van der Waals surface area contributed by atoms with Gasteiger partial charge in [0.1, 0.15) is 5.78 Å². The average molecular weight is 252 g/mol. The first-order chi connectivity index (χ1) is 8.29. The minimum Gasteiger partial charge on any atom is -0.388 e. The number of carbonyl (C=O) groups excluding carboxylic acids is 1. The zero-order chi connectivity index (χ0) is 13.9. The van der Waals surface area contributed by atoms with Gasteiger partial charge < -0.3 is 9.84 Å². The molecule has 0 aliphatic carbocycles. The average Bonchev–Trinajstić information content (AvgIpc) is 2.71. The maximum absolute atomic E-state index is 12.0. The number of aliphatic hydroxyl groups excluding tert-OH is 1. The molecular weight excluding hydrogens is 228 g/mol. The monoisotopic (exact) mass is 252 g/mol. The number of hydrogen-bond acceptors (Lipinski definition) is 3. The van der Waals surface area contributed by atoms with E-state index in [0.717, 1.165) is 12.8 Å². The summed E-state index contributed by atoms with van der Waals surface area (Å²) in [4.78, 5) is 12.0. The fourth-order valence-electron chi connectivity index (χ4n) is 2.15. The van der Waals surface area contributed by atoms with Crippen molar-refractivity contribution in [1.29, 1.82) is 0 Å². The molecule has 0 radical (unpaired) electrons.